The fraction of sp³-hybridized carbons (Fsp3) is 0.476. The van der Waals surface area contributed by atoms with E-state index in [1.807, 2.05) is 13.8 Å². The first-order valence-corrected chi connectivity index (χ1v) is 9.95. The third kappa shape index (κ3) is 4.34. The van der Waals surface area contributed by atoms with Crippen molar-refractivity contribution >= 4 is 11.8 Å². The molecule has 0 aromatic carbocycles. The van der Waals surface area contributed by atoms with E-state index in [-0.39, 0.29) is 41.9 Å². The number of amides is 2. The van der Waals surface area contributed by atoms with Crippen molar-refractivity contribution in [1.82, 2.24) is 23.9 Å². The summed E-state index contributed by atoms with van der Waals surface area (Å²) in [4.78, 5) is 57.1. The van der Waals surface area contributed by atoms with Gasteiger partial charge in [-0.3, -0.25) is 19.0 Å². The Bertz CT molecular complexity index is 1090. The first kappa shape index (κ1) is 21.5. The van der Waals surface area contributed by atoms with Crippen LogP contribution in [0, 0.1) is 5.92 Å². The van der Waals surface area contributed by atoms with Crippen LogP contribution >= 0.6 is 0 Å². The highest BCUT2D eigenvalue weighted by Gasteiger charge is 2.29. The number of nitrogens with zero attached hydrogens (tertiary/aromatic N) is 5. The molecule has 2 amide bonds. The fourth-order valence-electron chi connectivity index (χ4n) is 3.80. The van der Waals surface area contributed by atoms with Gasteiger partial charge in [0.2, 0.25) is 5.91 Å². The van der Waals surface area contributed by atoms with E-state index in [1.54, 1.807) is 36.2 Å². The quantitative estimate of drug-likeness (QED) is 0.700. The van der Waals surface area contributed by atoms with Gasteiger partial charge in [0.1, 0.15) is 12.1 Å². The molecule has 0 N–H and O–H groups in total. The maximum Gasteiger partial charge on any atom is 0.347 e. The Morgan fingerprint density at radius 1 is 1.27 bits per heavy atom. The summed E-state index contributed by atoms with van der Waals surface area (Å²) in [7, 11) is 3.31. The van der Waals surface area contributed by atoms with Crippen LogP contribution in [0.15, 0.2) is 34.2 Å². The Morgan fingerprint density at radius 2 is 2.00 bits per heavy atom. The maximum atomic E-state index is 13.0. The summed E-state index contributed by atoms with van der Waals surface area (Å²) in [6, 6.07) is 1.60. The SMILES string of the molecule is CC(C)CN(C)C(=O)c1c2c(cn(C)c1=O)CN(C(=O)Cn1cccnc1=O)CC2. The van der Waals surface area contributed by atoms with Gasteiger partial charge < -0.3 is 14.4 Å². The molecule has 9 heteroatoms. The van der Waals surface area contributed by atoms with E-state index in [1.165, 1.54) is 21.5 Å². The molecular formula is C21H27N5O4. The average Bonchev–Trinajstić information content (AvgIpc) is 2.69. The monoisotopic (exact) mass is 413 g/mol. The third-order valence-electron chi connectivity index (χ3n) is 5.21. The molecular weight excluding hydrogens is 386 g/mol. The summed E-state index contributed by atoms with van der Waals surface area (Å²) in [5.74, 6) is -0.219. The van der Waals surface area contributed by atoms with Gasteiger partial charge in [0.25, 0.3) is 11.5 Å². The molecule has 0 radical (unpaired) electrons. The van der Waals surface area contributed by atoms with E-state index in [2.05, 4.69) is 4.98 Å². The zero-order valence-corrected chi connectivity index (χ0v) is 17.8. The van der Waals surface area contributed by atoms with Crippen LogP contribution in [0.25, 0.3) is 0 Å². The molecule has 0 spiro atoms. The van der Waals surface area contributed by atoms with Crippen molar-refractivity contribution < 1.29 is 9.59 Å². The minimum Gasteiger partial charge on any atom is -0.341 e. The van der Waals surface area contributed by atoms with Crippen LogP contribution in [0.5, 0.6) is 0 Å². The van der Waals surface area contributed by atoms with Crippen molar-refractivity contribution in [2.24, 2.45) is 13.0 Å². The van der Waals surface area contributed by atoms with Gasteiger partial charge in [0.05, 0.1) is 0 Å². The predicted octanol–water partition coefficient (Wildman–Crippen LogP) is 0.255. The second-order valence-corrected chi connectivity index (χ2v) is 8.10. The van der Waals surface area contributed by atoms with Gasteiger partial charge in [0.15, 0.2) is 0 Å². The molecule has 0 bridgehead atoms. The van der Waals surface area contributed by atoms with Crippen molar-refractivity contribution in [2.75, 3.05) is 20.1 Å². The van der Waals surface area contributed by atoms with E-state index >= 15 is 0 Å². The third-order valence-corrected chi connectivity index (χ3v) is 5.21. The minimum atomic E-state index is -0.480. The smallest absolute Gasteiger partial charge is 0.341 e. The molecule has 0 saturated carbocycles. The zero-order valence-electron chi connectivity index (χ0n) is 17.8. The van der Waals surface area contributed by atoms with Gasteiger partial charge in [0, 0.05) is 52.3 Å². The largest absolute Gasteiger partial charge is 0.347 e. The molecule has 2 aromatic heterocycles. The zero-order chi connectivity index (χ0) is 22.0. The molecule has 9 nitrogen and oxygen atoms in total. The first-order valence-electron chi connectivity index (χ1n) is 9.95. The number of hydrogen-bond acceptors (Lipinski definition) is 5. The van der Waals surface area contributed by atoms with Gasteiger partial charge in [-0.05, 0) is 29.5 Å². The van der Waals surface area contributed by atoms with E-state index in [0.717, 1.165) is 5.56 Å². The molecule has 0 saturated heterocycles. The molecule has 1 aliphatic rings. The molecule has 1 aliphatic heterocycles. The molecule has 3 rings (SSSR count). The summed E-state index contributed by atoms with van der Waals surface area (Å²) in [5, 5.41) is 0. The van der Waals surface area contributed by atoms with E-state index < -0.39 is 5.69 Å². The summed E-state index contributed by atoms with van der Waals surface area (Å²) in [6.45, 7) is 5.14. The highest BCUT2D eigenvalue weighted by molar-refractivity contribution is 5.95. The van der Waals surface area contributed by atoms with Crippen molar-refractivity contribution in [3.63, 3.8) is 0 Å². The standard InChI is InChI=1S/C21H27N5O4/c1-14(2)10-23(3)19(28)18-16-6-9-25(12-15(16)11-24(4)20(18)29)17(27)13-26-8-5-7-22-21(26)30/h5,7-8,11,14H,6,9-10,12-13H2,1-4H3. The van der Waals surface area contributed by atoms with Gasteiger partial charge in [-0.2, -0.15) is 0 Å². The van der Waals surface area contributed by atoms with Crippen LogP contribution < -0.4 is 11.2 Å². The van der Waals surface area contributed by atoms with Gasteiger partial charge in [-0.1, -0.05) is 13.8 Å². The molecule has 3 heterocycles. The Labute approximate surface area is 174 Å². The second-order valence-electron chi connectivity index (χ2n) is 8.10. The second kappa shape index (κ2) is 8.64. The number of aromatic nitrogens is 3. The number of aryl methyl sites for hydroxylation is 1. The van der Waals surface area contributed by atoms with E-state index in [0.29, 0.717) is 25.1 Å². The van der Waals surface area contributed by atoms with Crippen LogP contribution in [0.4, 0.5) is 0 Å². The van der Waals surface area contributed by atoms with Crippen molar-refractivity contribution in [3.05, 3.63) is 62.2 Å². The van der Waals surface area contributed by atoms with Gasteiger partial charge in [-0.15, -0.1) is 0 Å². The maximum absolute atomic E-state index is 13.0. The summed E-state index contributed by atoms with van der Waals surface area (Å²) >= 11 is 0. The van der Waals surface area contributed by atoms with E-state index in [9.17, 15) is 19.2 Å². The number of pyridine rings is 1. The average molecular weight is 413 g/mol. The van der Waals surface area contributed by atoms with Crippen LogP contribution in [0.1, 0.15) is 35.3 Å². The fourth-order valence-corrected chi connectivity index (χ4v) is 3.80. The Morgan fingerprint density at radius 3 is 2.67 bits per heavy atom. The highest BCUT2D eigenvalue weighted by atomic mass is 16.2. The topological polar surface area (TPSA) is 97.5 Å². The predicted molar refractivity (Wildman–Crippen MR) is 111 cm³/mol. The lowest BCUT2D eigenvalue weighted by atomic mass is 9.95. The molecule has 0 atom stereocenters. The van der Waals surface area contributed by atoms with Crippen molar-refractivity contribution in [3.8, 4) is 0 Å². The number of carbonyl (C=O) groups excluding carboxylic acids is 2. The Kier molecular flexibility index (Phi) is 6.19. The first-order chi connectivity index (χ1) is 14.2. The lowest BCUT2D eigenvalue weighted by Crippen LogP contribution is -2.43. The molecule has 0 aliphatic carbocycles. The summed E-state index contributed by atoms with van der Waals surface area (Å²) in [6.07, 6.45) is 5.01. The molecule has 160 valence electrons. The summed E-state index contributed by atoms with van der Waals surface area (Å²) < 4.78 is 2.66. The van der Waals surface area contributed by atoms with Crippen molar-refractivity contribution in [2.45, 2.75) is 33.4 Å². The number of fused-ring (bicyclic) bond motifs is 1. The molecule has 0 unspecified atom stereocenters. The van der Waals surface area contributed by atoms with Crippen molar-refractivity contribution in [1.29, 1.82) is 0 Å². The minimum absolute atomic E-state index is 0.101. The van der Waals surface area contributed by atoms with Crippen LogP contribution in [0.3, 0.4) is 0 Å². The Balaban J connectivity index is 1.87. The van der Waals surface area contributed by atoms with Crippen LogP contribution in [-0.4, -0.2) is 55.9 Å². The molecule has 30 heavy (non-hydrogen) atoms. The summed E-state index contributed by atoms with van der Waals surface area (Å²) in [5.41, 5.74) is 0.870. The Hall–Kier alpha value is -3.23. The number of rotatable bonds is 5. The van der Waals surface area contributed by atoms with Gasteiger partial charge in [-0.25, -0.2) is 9.78 Å². The normalized spacial score (nSPS) is 13.3. The van der Waals surface area contributed by atoms with Crippen LogP contribution in [0.2, 0.25) is 0 Å². The number of carbonyl (C=O) groups is 2. The molecule has 0 fully saturated rings. The lowest BCUT2D eigenvalue weighted by Gasteiger charge is -2.31. The number of hydrogen-bond donors (Lipinski definition) is 0. The molecule has 2 aromatic rings. The lowest BCUT2D eigenvalue weighted by molar-refractivity contribution is -0.132. The highest BCUT2D eigenvalue weighted by Crippen LogP contribution is 2.22. The van der Waals surface area contributed by atoms with Gasteiger partial charge >= 0.3 is 5.69 Å². The van der Waals surface area contributed by atoms with E-state index in [4.69, 9.17) is 0 Å². The van der Waals surface area contributed by atoms with Crippen LogP contribution in [-0.2, 0) is 31.4 Å².